The molecule has 136 valence electrons. The van der Waals surface area contributed by atoms with Gasteiger partial charge in [-0.2, -0.15) is 0 Å². The summed E-state index contributed by atoms with van der Waals surface area (Å²) in [5.41, 5.74) is 2.99. The van der Waals surface area contributed by atoms with Gasteiger partial charge >= 0.3 is 34.5 Å². The quantitative estimate of drug-likeness (QED) is 0.374. The number of aryl methyl sites for hydroxylation is 2. The molecule has 0 radical (unpaired) electrons. The van der Waals surface area contributed by atoms with Crippen molar-refractivity contribution in [3.63, 3.8) is 0 Å². The van der Waals surface area contributed by atoms with Gasteiger partial charge in [0.1, 0.15) is 11.5 Å². The topological polar surface area (TPSA) is 92.0 Å². The molecule has 0 aromatic carbocycles. The number of aromatic hydroxyl groups is 2. The van der Waals surface area contributed by atoms with Gasteiger partial charge in [0.05, 0.1) is 10.8 Å². The SMILES string of the molecule is Cc1ccc2c(O)ccnc2n1.Cc1ccc2c(O)ccnc2n1.[Cl][Zn][Cl]. The van der Waals surface area contributed by atoms with Gasteiger partial charge in [0.2, 0.25) is 0 Å². The normalized spacial score (nSPS) is 9.63. The van der Waals surface area contributed by atoms with Gasteiger partial charge in [-0.05, 0) is 50.2 Å². The van der Waals surface area contributed by atoms with E-state index in [-0.39, 0.29) is 11.5 Å². The van der Waals surface area contributed by atoms with Crippen LogP contribution in [0, 0.1) is 13.8 Å². The number of aromatic nitrogens is 4. The third kappa shape index (κ3) is 5.96. The Kier molecular flexibility index (Phi) is 8.10. The van der Waals surface area contributed by atoms with Crippen LogP contribution in [0.5, 0.6) is 11.5 Å². The Balaban J connectivity index is 0.000000170. The molecule has 0 bridgehead atoms. The molecule has 4 heterocycles. The van der Waals surface area contributed by atoms with Crippen LogP contribution in [0.3, 0.4) is 0 Å². The third-order valence-electron chi connectivity index (χ3n) is 3.44. The van der Waals surface area contributed by atoms with Gasteiger partial charge in [-0.25, -0.2) is 19.9 Å². The summed E-state index contributed by atoms with van der Waals surface area (Å²) in [6.45, 7) is 3.79. The Morgan fingerprint density at radius 3 is 1.44 bits per heavy atom. The predicted octanol–water partition coefficient (Wildman–Crippen LogP) is 4.66. The molecule has 0 atom stereocenters. The zero-order valence-corrected chi connectivity index (χ0v) is 19.2. The van der Waals surface area contributed by atoms with E-state index in [0.717, 1.165) is 11.4 Å². The van der Waals surface area contributed by atoms with Crippen molar-refractivity contribution >= 4 is 41.4 Å². The zero-order chi connectivity index (χ0) is 19.8. The first-order valence-electron chi connectivity index (χ1n) is 7.91. The molecule has 0 saturated carbocycles. The number of hydrogen-bond acceptors (Lipinski definition) is 6. The number of nitrogens with zero attached hydrogens (tertiary/aromatic N) is 4. The molecule has 0 aliphatic rings. The van der Waals surface area contributed by atoms with Crippen LogP contribution >= 0.6 is 19.4 Å². The summed E-state index contributed by atoms with van der Waals surface area (Å²) < 4.78 is 0. The summed E-state index contributed by atoms with van der Waals surface area (Å²) in [5.74, 6) is 0.458. The van der Waals surface area contributed by atoms with Crippen LogP contribution in [0.1, 0.15) is 11.4 Å². The second kappa shape index (κ2) is 10.3. The van der Waals surface area contributed by atoms with E-state index < -0.39 is 15.1 Å². The van der Waals surface area contributed by atoms with Crippen LogP contribution in [0.4, 0.5) is 0 Å². The van der Waals surface area contributed by atoms with Crippen molar-refractivity contribution in [2.45, 2.75) is 13.8 Å². The van der Waals surface area contributed by atoms with E-state index in [1.54, 1.807) is 24.5 Å². The minimum absolute atomic E-state index is 0.229. The van der Waals surface area contributed by atoms with Gasteiger partial charge in [-0.15, -0.1) is 0 Å². The fraction of sp³-hybridized carbons (Fsp3) is 0.111. The summed E-state index contributed by atoms with van der Waals surface area (Å²) in [5, 5.41) is 20.2. The summed E-state index contributed by atoms with van der Waals surface area (Å²) in [6.07, 6.45) is 3.09. The van der Waals surface area contributed by atoms with Gasteiger partial charge < -0.3 is 10.2 Å². The second-order valence-electron chi connectivity index (χ2n) is 5.41. The molecule has 0 spiro atoms. The van der Waals surface area contributed by atoms with Crippen molar-refractivity contribution < 1.29 is 25.4 Å². The first-order valence-corrected chi connectivity index (χ1v) is 15.7. The minimum atomic E-state index is -0.931. The summed E-state index contributed by atoms with van der Waals surface area (Å²) in [7, 11) is 9.90. The average molecular weight is 457 g/mol. The molecule has 0 aliphatic carbocycles. The summed E-state index contributed by atoms with van der Waals surface area (Å²) in [6, 6.07) is 10.5. The average Bonchev–Trinajstić information content (AvgIpc) is 2.63. The molecule has 0 aliphatic heterocycles. The maximum atomic E-state index is 9.38. The van der Waals surface area contributed by atoms with Crippen molar-refractivity contribution in [2.75, 3.05) is 0 Å². The molecule has 2 N–H and O–H groups in total. The fourth-order valence-electron chi connectivity index (χ4n) is 2.22. The van der Waals surface area contributed by atoms with E-state index in [0.29, 0.717) is 22.1 Å². The van der Waals surface area contributed by atoms with Crippen LogP contribution < -0.4 is 0 Å². The molecular weight excluding hydrogens is 441 g/mol. The molecule has 4 aromatic rings. The van der Waals surface area contributed by atoms with Gasteiger partial charge in [-0.3, -0.25) is 0 Å². The molecule has 6 nitrogen and oxygen atoms in total. The van der Waals surface area contributed by atoms with E-state index in [2.05, 4.69) is 19.9 Å². The molecule has 0 amide bonds. The zero-order valence-electron chi connectivity index (χ0n) is 14.8. The van der Waals surface area contributed by atoms with Crippen molar-refractivity contribution in [1.29, 1.82) is 0 Å². The molecule has 4 rings (SSSR count). The number of rotatable bonds is 0. The Morgan fingerprint density at radius 1 is 0.704 bits per heavy atom. The van der Waals surface area contributed by atoms with E-state index >= 15 is 0 Å². The van der Waals surface area contributed by atoms with Crippen molar-refractivity contribution in [2.24, 2.45) is 0 Å². The molecule has 0 fully saturated rings. The molecular formula is C18H16Cl2N4O2Zn. The standard InChI is InChI=1S/2C9H8N2O.2ClH.Zn/c2*1-6-2-3-7-8(12)4-5-10-9(7)11-6;;;/h2*2-5H,1H3,(H,10,11,12);2*1H;/q;;;;+2/p-2. The number of halogens is 2. The molecule has 0 saturated heterocycles. The maximum absolute atomic E-state index is 9.38. The van der Waals surface area contributed by atoms with Gasteiger partial charge in [0, 0.05) is 23.8 Å². The Hall–Kier alpha value is -2.08. The van der Waals surface area contributed by atoms with Crippen molar-refractivity contribution in [3.8, 4) is 11.5 Å². The molecule has 27 heavy (non-hydrogen) atoms. The first kappa shape index (κ1) is 21.2. The van der Waals surface area contributed by atoms with E-state index in [1.807, 2.05) is 38.1 Å². The predicted molar refractivity (Wildman–Crippen MR) is 104 cm³/mol. The fourth-order valence-corrected chi connectivity index (χ4v) is 2.22. The summed E-state index contributed by atoms with van der Waals surface area (Å²) >= 11 is -0.931. The van der Waals surface area contributed by atoms with Crippen LogP contribution in [-0.4, -0.2) is 30.1 Å². The van der Waals surface area contributed by atoms with Crippen molar-refractivity contribution in [1.82, 2.24) is 19.9 Å². The number of pyridine rings is 4. The second-order valence-corrected chi connectivity index (χ2v) is 10.0. The Morgan fingerprint density at radius 2 is 1.07 bits per heavy atom. The van der Waals surface area contributed by atoms with Gasteiger partial charge in [-0.1, -0.05) is 0 Å². The van der Waals surface area contributed by atoms with E-state index in [1.165, 1.54) is 0 Å². The number of hydrogen-bond donors (Lipinski definition) is 2. The molecule has 9 heteroatoms. The Labute approximate surface area is 171 Å². The molecule has 0 unspecified atom stereocenters. The van der Waals surface area contributed by atoms with Crippen molar-refractivity contribution in [3.05, 3.63) is 60.2 Å². The summed E-state index contributed by atoms with van der Waals surface area (Å²) in [4.78, 5) is 16.4. The van der Waals surface area contributed by atoms with Gasteiger partial charge in [0.15, 0.2) is 11.3 Å². The number of fused-ring (bicyclic) bond motifs is 2. The van der Waals surface area contributed by atoms with Crippen LogP contribution in [0.15, 0.2) is 48.8 Å². The van der Waals surface area contributed by atoms with Crippen LogP contribution in [-0.2, 0) is 15.1 Å². The van der Waals surface area contributed by atoms with E-state index in [9.17, 15) is 10.2 Å². The van der Waals surface area contributed by atoms with Crippen LogP contribution in [0.2, 0.25) is 0 Å². The van der Waals surface area contributed by atoms with E-state index in [4.69, 9.17) is 19.4 Å². The molecule has 4 aromatic heterocycles. The van der Waals surface area contributed by atoms with Crippen LogP contribution in [0.25, 0.3) is 22.1 Å². The third-order valence-corrected chi connectivity index (χ3v) is 3.44. The Bertz CT molecular complexity index is 967. The first-order chi connectivity index (χ1) is 13.0. The van der Waals surface area contributed by atoms with Gasteiger partial charge in [0.25, 0.3) is 0 Å². The monoisotopic (exact) mass is 454 g/mol.